The van der Waals surface area contributed by atoms with Gasteiger partial charge in [-0.25, -0.2) is 4.72 Å². The molecule has 15 heavy (non-hydrogen) atoms. The molecule has 0 aromatic heterocycles. The van der Waals surface area contributed by atoms with E-state index in [4.69, 9.17) is 0 Å². The number of nitrogens with two attached hydrogens (primary N) is 1. The normalized spacial score (nSPS) is 21.1. The SMILES string of the molecule is C[C@@H]([NH2+]S(=O)(=O)N1CCCCC1)C(=O)[O-]. The lowest BCUT2D eigenvalue weighted by Crippen LogP contribution is -2.96. The molecule has 88 valence electrons. The van der Waals surface area contributed by atoms with Crippen molar-refractivity contribution in [2.45, 2.75) is 32.2 Å². The Morgan fingerprint density at radius 1 is 1.33 bits per heavy atom. The zero-order chi connectivity index (χ0) is 11.5. The molecule has 1 atom stereocenters. The summed E-state index contributed by atoms with van der Waals surface area (Å²) in [5.74, 6) is -1.37. The molecule has 0 aromatic carbocycles. The zero-order valence-corrected chi connectivity index (χ0v) is 9.50. The van der Waals surface area contributed by atoms with Crippen LogP contribution >= 0.6 is 0 Å². The Kier molecular flexibility index (Phi) is 4.06. The third-order valence-corrected chi connectivity index (χ3v) is 4.26. The van der Waals surface area contributed by atoms with Gasteiger partial charge in [0.05, 0.1) is 0 Å². The van der Waals surface area contributed by atoms with Crippen LogP contribution in [0.4, 0.5) is 0 Å². The highest BCUT2D eigenvalue weighted by molar-refractivity contribution is 7.82. The standard InChI is InChI=1S/C8H16N2O4S/c1-7(8(11)12)9-15(13,14)10-5-3-2-4-6-10/h7,9H,2-6H2,1H3,(H,11,12)/t7-/m1/s1. The maximum atomic E-state index is 11.7. The van der Waals surface area contributed by atoms with E-state index in [1.54, 1.807) is 0 Å². The molecule has 1 saturated heterocycles. The Hall–Kier alpha value is -0.660. The van der Waals surface area contributed by atoms with E-state index in [-0.39, 0.29) is 0 Å². The van der Waals surface area contributed by atoms with Crippen LogP contribution in [0.15, 0.2) is 0 Å². The molecular formula is C8H16N2O4S. The van der Waals surface area contributed by atoms with Crippen molar-refractivity contribution in [3.8, 4) is 0 Å². The van der Waals surface area contributed by atoms with Crippen LogP contribution in [-0.2, 0) is 15.0 Å². The van der Waals surface area contributed by atoms with E-state index in [0.29, 0.717) is 13.1 Å². The summed E-state index contributed by atoms with van der Waals surface area (Å²) >= 11 is 0. The van der Waals surface area contributed by atoms with Crippen LogP contribution in [0.3, 0.4) is 0 Å². The summed E-state index contributed by atoms with van der Waals surface area (Å²) in [5, 5.41) is 10.4. The summed E-state index contributed by atoms with van der Waals surface area (Å²) in [6.07, 6.45) is 2.71. The summed E-state index contributed by atoms with van der Waals surface area (Å²) in [6.45, 7) is 2.27. The first-order valence-electron chi connectivity index (χ1n) is 4.99. The van der Waals surface area contributed by atoms with Crippen molar-refractivity contribution in [3.63, 3.8) is 0 Å². The number of piperidine rings is 1. The fourth-order valence-corrected chi connectivity index (χ4v) is 3.09. The van der Waals surface area contributed by atoms with Crippen molar-refractivity contribution in [2.75, 3.05) is 13.1 Å². The van der Waals surface area contributed by atoms with Crippen molar-refractivity contribution in [3.05, 3.63) is 0 Å². The van der Waals surface area contributed by atoms with Gasteiger partial charge in [-0.3, -0.25) is 0 Å². The molecule has 0 spiro atoms. The number of carbonyl (C=O) groups excluding carboxylic acids is 1. The molecule has 1 aliphatic heterocycles. The Morgan fingerprint density at radius 3 is 2.33 bits per heavy atom. The molecule has 0 unspecified atom stereocenters. The van der Waals surface area contributed by atoms with Crippen LogP contribution in [0.1, 0.15) is 26.2 Å². The smallest absolute Gasteiger partial charge is 0.369 e. The second-order valence-corrected chi connectivity index (χ2v) is 5.57. The van der Waals surface area contributed by atoms with E-state index in [1.165, 1.54) is 11.2 Å². The number of carbonyl (C=O) groups is 1. The Balaban J connectivity index is 2.61. The molecule has 1 fully saturated rings. The second kappa shape index (κ2) is 4.91. The first-order valence-corrected chi connectivity index (χ1v) is 6.49. The van der Waals surface area contributed by atoms with Gasteiger partial charge in [-0.15, -0.1) is 0 Å². The topological polar surface area (TPSA) is 94.1 Å². The van der Waals surface area contributed by atoms with Crippen molar-refractivity contribution >= 4 is 16.2 Å². The minimum atomic E-state index is -3.54. The van der Waals surface area contributed by atoms with Crippen molar-refractivity contribution < 1.29 is 23.0 Å². The molecule has 0 aliphatic carbocycles. The lowest BCUT2D eigenvalue weighted by Gasteiger charge is -2.25. The number of hydrogen-bond donors (Lipinski definition) is 1. The van der Waals surface area contributed by atoms with Gasteiger partial charge in [0.1, 0.15) is 12.0 Å². The van der Waals surface area contributed by atoms with Crippen LogP contribution in [0, 0.1) is 0 Å². The summed E-state index contributed by atoms with van der Waals surface area (Å²) in [7, 11) is -3.54. The Bertz CT molecular complexity index is 322. The minimum absolute atomic E-state index is 0.485. The van der Waals surface area contributed by atoms with Crippen molar-refractivity contribution in [1.82, 2.24) is 4.31 Å². The van der Waals surface area contributed by atoms with Gasteiger partial charge < -0.3 is 9.90 Å². The van der Waals surface area contributed by atoms with E-state index in [2.05, 4.69) is 0 Å². The second-order valence-electron chi connectivity index (χ2n) is 3.75. The predicted octanol–water partition coefficient (Wildman–Crippen LogP) is -2.58. The lowest BCUT2D eigenvalue weighted by molar-refractivity contribution is -0.540. The quantitative estimate of drug-likeness (QED) is 0.580. The number of nitrogens with zero attached hydrogens (tertiary/aromatic N) is 1. The summed E-state index contributed by atoms with van der Waals surface area (Å²) in [6, 6.07) is -1.07. The third-order valence-electron chi connectivity index (χ3n) is 2.42. The molecule has 7 heteroatoms. The van der Waals surface area contributed by atoms with Gasteiger partial charge in [-0.1, -0.05) is 6.42 Å². The van der Waals surface area contributed by atoms with E-state index >= 15 is 0 Å². The molecule has 1 aliphatic rings. The lowest BCUT2D eigenvalue weighted by atomic mass is 10.2. The van der Waals surface area contributed by atoms with Gasteiger partial charge in [-0.05, 0) is 19.8 Å². The highest BCUT2D eigenvalue weighted by Gasteiger charge is 2.28. The molecule has 0 aromatic rings. The number of rotatable bonds is 4. The monoisotopic (exact) mass is 236 g/mol. The minimum Gasteiger partial charge on any atom is -0.544 e. The number of quaternary nitrogens is 1. The molecule has 1 rings (SSSR count). The Morgan fingerprint density at radius 2 is 1.87 bits per heavy atom. The molecular weight excluding hydrogens is 220 g/mol. The summed E-state index contributed by atoms with van der Waals surface area (Å²) < 4.78 is 25.5. The maximum absolute atomic E-state index is 11.7. The average Bonchev–Trinajstić information content (AvgIpc) is 2.18. The van der Waals surface area contributed by atoms with Crippen LogP contribution < -0.4 is 9.83 Å². The van der Waals surface area contributed by atoms with Crippen molar-refractivity contribution in [1.29, 1.82) is 0 Å². The third kappa shape index (κ3) is 3.44. The highest BCUT2D eigenvalue weighted by atomic mass is 32.2. The van der Waals surface area contributed by atoms with E-state index < -0.39 is 22.2 Å². The number of carboxylic acid groups (broad SMARTS) is 1. The first kappa shape index (κ1) is 12.4. The van der Waals surface area contributed by atoms with Crippen LogP contribution in [0.2, 0.25) is 0 Å². The fourth-order valence-electron chi connectivity index (χ4n) is 1.52. The van der Waals surface area contributed by atoms with E-state index in [1.807, 2.05) is 0 Å². The van der Waals surface area contributed by atoms with E-state index in [9.17, 15) is 18.3 Å². The number of aliphatic carboxylic acids is 1. The van der Waals surface area contributed by atoms with Crippen LogP contribution in [-0.4, -0.2) is 37.8 Å². The van der Waals surface area contributed by atoms with Gasteiger partial charge >= 0.3 is 10.2 Å². The number of hydrogen-bond acceptors (Lipinski definition) is 4. The van der Waals surface area contributed by atoms with E-state index in [0.717, 1.165) is 24.0 Å². The molecule has 6 nitrogen and oxygen atoms in total. The molecule has 0 radical (unpaired) electrons. The molecule has 1 heterocycles. The van der Waals surface area contributed by atoms with Gasteiger partial charge in [0.25, 0.3) is 0 Å². The summed E-state index contributed by atoms with van der Waals surface area (Å²) in [4.78, 5) is 10.4. The highest BCUT2D eigenvalue weighted by Crippen LogP contribution is 2.09. The maximum Gasteiger partial charge on any atom is 0.369 e. The van der Waals surface area contributed by atoms with Crippen LogP contribution in [0.25, 0.3) is 0 Å². The molecule has 0 bridgehead atoms. The van der Waals surface area contributed by atoms with Gasteiger partial charge in [0.2, 0.25) is 0 Å². The Labute approximate surface area is 89.4 Å². The molecule has 2 N–H and O–H groups in total. The molecule has 0 amide bonds. The predicted molar refractivity (Wildman–Crippen MR) is 50.7 cm³/mol. The van der Waals surface area contributed by atoms with Gasteiger partial charge in [0.15, 0.2) is 0 Å². The van der Waals surface area contributed by atoms with Crippen molar-refractivity contribution in [2.24, 2.45) is 0 Å². The largest absolute Gasteiger partial charge is 0.544 e. The fraction of sp³-hybridized carbons (Fsp3) is 0.875. The first-order chi connectivity index (χ1) is 6.93. The summed E-state index contributed by atoms with van der Waals surface area (Å²) in [5.41, 5.74) is 0. The van der Waals surface area contributed by atoms with Gasteiger partial charge in [0, 0.05) is 13.1 Å². The molecule has 0 saturated carbocycles. The number of carboxylic acids is 1. The van der Waals surface area contributed by atoms with Crippen LogP contribution in [0.5, 0.6) is 0 Å². The van der Waals surface area contributed by atoms with Gasteiger partial charge in [-0.2, -0.15) is 12.7 Å². The zero-order valence-electron chi connectivity index (χ0n) is 8.68. The average molecular weight is 236 g/mol.